The fraction of sp³-hybridized carbons (Fsp3) is 0.923. The SMILES string of the molecule is CCC1CCNC(C(=O)OCC2CCCO2)C1. The van der Waals surface area contributed by atoms with E-state index in [0.717, 1.165) is 38.8 Å². The van der Waals surface area contributed by atoms with Crippen LogP contribution in [0.5, 0.6) is 0 Å². The number of ether oxygens (including phenoxy) is 2. The van der Waals surface area contributed by atoms with Gasteiger partial charge in [0, 0.05) is 6.61 Å². The molecule has 17 heavy (non-hydrogen) atoms. The number of esters is 1. The Labute approximate surface area is 103 Å². The number of piperidine rings is 1. The number of nitrogens with one attached hydrogen (secondary N) is 1. The molecule has 0 aliphatic carbocycles. The minimum absolute atomic E-state index is 0.0985. The second-order valence-electron chi connectivity index (χ2n) is 5.07. The standard InChI is InChI=1S/C13H23NO3/c1-2-10-5-6-14-12(8-10)13(15)17-9-11-4-3-7-16-11/h10-12,14H,2-9H2,1H3. The molecule has 1 N–H and O–H groups in total. The van der Waals surface area contributed by atoms with Crippen molar-refractivity contribution in [1.82, 2.24) is 5.32 Å². The predicted molar refractivity (Wildman–Crippen MR) is 64.7 cm³/mol. The van der Waals surface area contributed by atoms with Crippen molar-refractivity contribution >= 4 is 5.97 Å². The zero-order valence-corrected chi connectivity index (χ0v) is 10.6. The molecular formula is C13H23NO3. The van der Waals surface area contributed by atoms with Crippen molar-refractivity contribution in [1.29, 1.82) is 0 Å². The molecule has 0 aromatic heterocycles. The molecule has 0 aromatic rings. The lowest BCUT2D eigenvalue weighted by Gasteiger charge is -2.28. The summed E-state index contributed by atoms with van der Waals surface area (Å²) in [6.07, 6.45) is 5.47. The van der Waals surface area contributed by atoms with Crippen LogP contribution in [-0.4, -0.2) is 37.9 Å². The van der Waals surface area contributed by atoms with Gasteiger partial charge in [0.1, 0.15) is 12.6 Å². The van der Waals surface area contributed by atoms with Crippen molar-refractivity contribution in [2.75, 3.05) is 19.8 Å². The normalized spacial score (nSPS) is 33.6. The smallest absolute Gasteiger partial charge is 0.323 e. The molecule has 3 atom stereocenters. The van der Waals surface area contributed by atoms with Crippen LogP contribution in [0.2, 0.25) is 0 Å². The van der Waals surface area contributed by atoms with Crippen molar-refractivity contribution < 1.29 is 14.3 Å². The molecule has 2 rings (SSSR count). The van der Waals surface area contributed by atoms with E-state index in [1.54, 1.807) is 0 Å². The van der Waals surface area contributed by atoms with E-state index < -0.39 is 0 Å². The van der Waals surface area contributed by atoms with E-state index in [9.17, 15) is 4.79 Å². The molecule has 0 saturated carbocycles. The van der Waals surface area contributed by atoms with Crippen LogP contribution >= 0.6 is 0 Å². The highest BCUT2D eigenvalue weighted by Crippen LogP contribution is 2.20. The second-order valence-corrected chi connectivity index (χ2v) is 5.07. The van der Waals surface area contributed by atoms with Crippen LogP contribution in [0.4, 0.5) is 0 Å². The minimum atomic E-state index is -0.102. The summed E-state index contributed by atoms with van der Waals surface area (Å²) in [4.78, 5) is 11.9. The van der Waals surface area contributed by atoms with Gasteiger partial charge in [-0.25, -0.2) is 0 Å². The Morgan fingerprint density at radius 2 is 2.35 bits per heavy atom. The Hall–Kier alpha value is -0.610. The number of rotatable bonds is 4. The largest absolute Gasteiger partial charge is 0.462 e. The third-order valence-corrected chi connectivity index (χ3v) is 3.81. The van der Waals surface area contributed by atoms with Gasteiger partial charge in [0.25, 0.3) is 0 Å². The van der Waals surface area contributed by atoms with Crippen LogP contribution in [0.1, 0.15) is 39.0 Å². The van der Waals surface area contributed by atoms with Crippen LogP contribution in [-0.2, 0) is 14.3 Å². The first kappa shape index (κ1) is 12.8. The van der Waals surface area contributed by atoms with Crippen molar-refractivity contribution in [3.63, 3.8) is 0 Å². The molecule has 0 bridgehead atoms. The van der Waals surface area contributed by atoms with Gasteiger partial charge in [0.15, 0.2) is 0 Å². The number of carbonyl (C=O) groups excluding carboxylic acids is 1. The van der Waals surface area contributed by atoms with Crippen LogP contribution in [0, 0.1) is 5.92 Å². The Bertz CT molecular complexity index is 251. The maximum absolute atomic E-state index is 11.9. The number of hydrogen-bond donors (Lipinski definition) is 1. The van der Waals surface area contributed by atoms with E-state index in [0.29, 0.717) is 12.5 Å². The van der Waals surface area contributed by atoms with E-state index in [-0.39, 0.29) is 18.1 Å². The second kappa shape index (κ2) is 6.36. The van der Waals surface area contributed by atoms with Gasteiger partial charge in [0.2, 0.25) is 0 Å². The Kier molecular flexibility index (Phi) is 4.80. The molecular weight excluding hydrogens is 218 g/mol. The third-order valence-electron chi connectivity index (χ3n) is 3.81. The summed E-state index contributed by atoms with van der Waals surface area (Å²) in [5.41, 5.74) is 0. The zero-order chi connectivity index (χ0) is 12.1. The molecule has 0 aromatic carbocycles. The number of carbonyl (C=O) groups is 1. The summed E-state index contributed by atoms with van der Waals surface area (Å²) in [6, 6.07) is -0.102. The van der Waals surface area contributed by atoms with Gasteiger partial charge in [-0.05, 0) is 38.1 Å². The molecule has 2 heterocycles. The Morgan fingerprint density at radius 3 is 3.06 bits per heavy atom. The lowest BCUT2D eigenvalue weighted by atomic mass is 9.90. The van der Waals surface area contributed by atoms with E-state index in [1.165, 1.54) is 6.42 Å². The molecule has 0 spiro atoms. The molecule has 2 saturated heterocycles. The molecule has 3 unspecified atom stereocenters. The Balaban J connectivity index is 1.71. The first-order valence-corrected chi connectivity index (χ1v) is 6.81. The molecule has 2 aliphatic heterocycles. The summed E-state index contributed by atoms with van der Waals surface area (Å²) in [6.45, 7) is 4.35. The summed E-state index contributed by atoms with van der Waals surface area (Å²) >= 11 is 0. The van der Waals surface area contributed by atoms with Crippen LogP contribution in [0.15, 0.2) is 0 Å². The van der Waals surface area contributed by atoms with Gasteiger partial charge in [-0.2, -0.15) is 0 Å². The van der Waals surface area contributed by atoms with E-state index in [2.05, 4.69) is 12.2 Å². The topological polar surface area (TPSA) is 47.6 Å². The monoisotopic (exact) mass is 241 g/mol. The molecule has 2 aliphatic rings. The molecule has 2 fully saturated rings. The van der Waals surface area contributed by atoms with Crippen LogP contribution in [0.3, 0.4) is 0 Å². The average Bonchev–Trinajstić information content (AvgIpc) is 2.89. The van der Waals surface area contributed by atoms with E-state index in [4.69, 9.17) is 9.47 Å². The molecule has 0 radical (unpaired) electrons. The summed E-state index contributed by atoms with van der Waals surface area (Å²) in [7, 11) is 0. The number of hydrogen-bond acceptors (Lipinski definition) is 4. The van der Waals surface area contributed by atoms with Crippen molar-refractivity contribution in [2.24, 2.45) is 5.92 Å². The van der Waals surface area contributed by atoms with Gasteiger partial charge >= 0.3 is 5.97 Å². The first-order chi connectivity index (χ1) is 8.29. The van der Waals surface area contributed by atoms with Crippen LogP contribution < -0.4 is 5.32 Å². The fourth-order valence-electron chi connectivity index (χ4n) is 2.60. The quantitative estimate of drug-likeness (QED) is 0.757. The molecule has 4 heteroatoms. The molecule has 98 valence electrons. The maximum atomic E-state index is 11.9. The lowest BCUT2D eigenvalue weighted by Crippen LogP contribution is -2.44. The minimum Gasteiger partial charge on any atom is -0.462 e. The highest BCUT2D eigenvalue weighted by atomic mass is 16.6. The van der Waals surface area contributed by atoms with E-state index >= 15 is 0 Å². The lowest BCUT2D eigenvalue weighted by molar-refractivity contribution is -0.150. The first-order valence-electron chi connectivity index (χ1n) is 6.81. The fourth-order valence-corrected chi connectivity index (χ4v) is 2.60. The molecule has 4 nitrogen and oxygen atoms in total. The summed E-state index contributed by atoms with van der Waals surface area (Å²) in [5, 5.41) is 3.24. The third kappa shape index (κ3) is 3.68. The Morgan fingerprint density at radius 1 is 1.47 bits per heavy atom. The highest BCUT2D eigenvalue weighted by molar-refractivity contribution is 5.75. The van der Waals surface area contributed by atoms with Gasteiger partial charge in [0.05, 0.1) is 6.10 Å². The predicted octanol–water partition coefficient (Wildman–Crippen LogP) is 1.49. The maximum Gasteiger partial charge on any atom is 0.323 e. The van der Waals surface area contributed by atoms with Gasteiger partial charge < -0.3 is 14.8 Å². The van der Waals surface area contributed by atoms with Crippen molar-refractivity contribution in [2.45, 2.75) is 51.2 Å². The van der Waals surface area contributed by atoms with Gasteiger partial charge in [-0.1, -0.05) is 13.3 Å². The van der Waals surface area contributed by atoms with E-state index in [1.807, 2.05) is 0 Å². The highest BCUT2D eigenvalue weighted by Gasteiger charge is 2.28. The molecule has 0 amide bonds. The summed E-state index contributed by atoms with van der Waals surface area (Å²) < 4.78 is 10.8. The van der Waals surface area contributed by atoms with Gasteiger partial charge in [-0.3, -0.25) is 4.79 Å². The van der Waals surface area contributed by atoms with Gasteiger partial charge in [-0.15, -0.1) is 0 Å². The average molecular weight is 241 g/mol. The summed E-state index contributed by atoms with van der Waals surface area (Å²) in [5.74, 6) is 0.565. The van der Waals surface area contributed by atoms with Crippen LogP contribution in [0.25, 0.3) is 0 Å². The van der Waals surface area contributed by atoms with Crippen molar-refractivity contribution in [3.05, 3.63) is 0 Å². The van der Waals surface area contributed by atoms with Crippen molar-refractivity contribution in [3.8, 4) is 0 Å². The zero-order valence-electron chi connectivity index (χ0n) is 10.6.